The predicted octanol–water partition coefficient (Wildman–Crippen LogP) is 1.77. The van der Waals surface area contributed by atoms with Crippen LogP contribution in [-0.2, 0) is 16.4 Å². The van der Waals surface area contributed by atoms with Crippen LogP contribution < -0.4 is 4.72 Å². The van der Waals surface area contributed by atoms with Crippen LogP contribution >= 0.6 is 34.3 Å². The molecule has 1 N–H and O–H groups in total. The highest BCUT2D eigenvalue weighted by molar-refractivity contribution is 7.91. The SMILES string of the molecule is O=S(=O)(NCCc1cscn1)c1cnc(Cl)s1. The number of halogens is 1. The third-order valence-corrected chi connectivity index (χ3v) is 5.55. The van der Waals surface area contributed by atoms with E-state index in [0.29, 0.717) is 13.0 Å². The molecular formula is C8H8ClN3O2S3. The summed E-state index contributed by atoms with van der Waals surface area (Å²) in [5.41, 5.74) is 2.59. The molecule has 0 spiro atoms. The van der Waals surface area contributed by atoms with E-state index in [1.165, 1.54) is 17.5 Å². The fraction of sp³-hybridized carbons (Fsp3) is 0.250. The molecule has 0 saturated heterocycles. The van der Waals surface area contributed by atoms with Gasteiger partial charge in [-0.1, -0.05) is 22.9 Å². The van der Waals surface area contributed by atoms with Gasteiger partial charge in [-0.05, 0) is 0 Å². The normalized spacial score (nSPS) is 11.8. The van der Waals surface area contributed by atoms with Crippen molar-refractivity contribution in [3.63, 3.8) is 0 Å². The quantitative estimate of drug-likeness (QED) is 0.913. The molecule has 0 amide bonds. The van der Waals surface area contributed by atoms with Crippen LogP contribution in [0.5, 0.6) is 0 Å². The zero-order valence-corrected chi connectivity index (χ0v) is 11.7. The van der Waals surface area contributed by atoms with Gasteiger partial charge in [-0.3, -0.25) is 0 Å². The number of sulfonamides is 1. The molecule has 0 saturated carbocycles. The van der Waals surface area contributed by atoms with Crippen molar-refractivity contribution >= 4 is 44.3 Å². The minimum absolute atomic E-state index is 0.126. The Morgan fingerprint density at radius 1 is 1.41 bits per heavy atom. The van der Waals surface area contributed by atoms with Crippen LogP contribution in [0.1, 0.15) is 5.69 Å². The zero-order chi connectivity index (χ0) is 12.3. The predicted molar refractivity (Wildman–Crippen MR) is 68.1 cm³/mol. The van der Waals surface area contributed by atoms with Gasteiger partial charge >= 0.3 is 0 Å². The molecule has 92 valence electrons. The van der Waals surface area contributed by atoms with Gasteiger partial charge in [0.15, 0.2) is 8.68 Å². The molecule has 0 bridgehead atoms. The maximum Gasteiger partial charge on any atom is 0.251 e. The largest absolute Gasteiger partial charge is 0.251 e. The zero-order valence-electron chi connectivity index (χ0n) is 8.46. The van der Waals surface area contributed by atoms with Crippen LogP contribution in [0.15, 0.2) is 21.3 Å². The summed E-state index contributed by atoms with van der Waals surface area (Å²) < 4.78 is 26.3. The van der Waals surface area contributed by atoms with Gasteiger partial charge in [0.1, 0.15) is 0 Å². The molecule has 17 heavy (non-hydrogen) atoms. The van der Waals surface area contributed by atoms with E-state index in [1.54, 1.807) is 5.51 Å². The molecule has 0 aliphatic heterocycles. The number of nitrogens with zero attached hydrogens (tertiary/aromatic N) is 2. The van der Waals surface area contributed by atoms with Crippen LogP contribution in [0, 0.1) is 0 Å². The molecule has 5 nitrogen and oxygen atoms in total. The van der Waals surface area contributed by atoms with Crippen molar-refractivity contribution in [3.8, 4) is 0 Å². The van der Waals surface area contributed by atoms with Gasteiger partial charge in [-0.15, -0.1) is 11.3 Å². The Morgan fingerprint density at radius 3 is 2.82 bits per heavy atom. The molecule has 0 aromatic carbocycles. The van der Waals surface area contributed by atoms with Gasteiger partial charge in [0.2, 0.25) is 0 Å². The summed E-state index contributed by atoms with van der Waals surface area (Å²) in [6.45, 7) is 0.307. The molecule has 0 aliphatic rings. The van der Waals surface area contributed by atoms with Crippen LogP contribution in [0.3, 0.4) is 0 Å². The summed E-state index contributed by atoms with van der Waals surface area (Å²) in [7, 11) is -3.50. The van der Waals surface area contributed by atoms with Gasteiger partial charge in [0.05, 0.1) is 17.4 Å². The second-order valence-electron chi connectivity index (χ2n) is 3.06. The number of rotatable bonds is 5. The lowest BCUT2D eigenvalue weighted by Gasteiger charge is -2.02. The number of thiazole rings is 2. The first-order chi connectivity index (χ1) is 8.08. The third kappa shape index (κ3) is 3.46. The summed E-state index contributed by atoms with van der Waals surface area (Å²) in [6, 6.07) is 0. The molecule has 2 aromatic rings. The van der Waals surface area contributed by atoms with Crippen molar-refractivity contribution in [1.82, 2.24) is 14.7 Å². The van der Waals surface area contributed by atoms with Crippen LogP contribution in [0.2, 0.25) is 4.47 Å². The third-order valence-electron chi connectivity index (χ3n) is 1.88. The molecule has 2 aromatic heterocycles. The van der Waals surface area contributed by atoms with Gasteiger partial charge < -0.3 is 0 Å². The lowest BCUT2D eigenvalue weighted by Crippen LogP contribution is -2.25. The minimum atomic E-state index is -3.50. The second-order valence-corrected chi connectivity index (χ2v) is 7.39. The van der Waals surface area contributed by atoms with E-state index >= 15 is 0 Å². The second kappa shape index (κ2) is 5.40. The topological polar surface area (TPSA) is 72.0 Å². The number of hydrogen-bond acceptors (Lipinski definition) is 6. The Morgan fingerprint density at radius 2 is 2.24 bits per heavy atom. The standard InChI is InChI=1S/C8H8ClN3O2S3/c9-8-10-3-7(16-8)17(13,14)12-2-1-6-4-15-5-11-6/h3-5,12H,1-2H2. The summed E-state index contributed by atoms with van der Waals surface area (Å²) in [5, 5.41) is 1.89. The first-order valence-corrected chi connectivity index (χ1v) is 8.18. The number of hydrogen-bond donors (Lipinski definition) is 1. The summed E-state index contributed by atoms with van der Waals surface area (Å²) >= 11 is 8.00. The Bertz CT molecular complexity index is 579. The summed E-state index contributed by atoms with van der Waals surface area (Å²) in [5.74, 6) is 0. The number of nitrogens with one attached hydrogen (secondary N) is 1. The molecule has 9 heteroatoms. The van der Waals surface area contributed by atoms with Crippen molar-refractivity contribution in [3.05, 3.63) is 27.2 Å². The lowest BCUT2D eigenvalue weighted by molar-refractivity contribution is 0.583. The molecular weight excluding hydrogens is 302 g/mol. The average molecular weight is 310 g/mol. The van der Waals surface area contributed by atoms with Crippen molar-refractivity contribution in [2.24, 2.45) is 0 Å². The van der Waals surface area contributed by atoms with Crippen molar-refractivity contribution in [2.45, 2.75) is 10.6 Å². The molecule has 2 heterocycles. The first-order valence-electron chi connectivity index (χ1n) is 4.56. The molecule has 0 radical (unpaired) electrons. The summed E-state index contributed by atoms with van der Waals surface area (Å²) in [6.07, 6.45) is 1.81. The maximum absolute atomic E-state index is 11.8. The van der Waals surface area contributed by atoms with Gasteiger partial charge in [0.25, 0.3) is 10.0 Å². The number of aromatic nitrogens is 2. The van der Waals surface area contributed by atoms with Gasteiger partial charge in [0, 0.05) is 18.3 Å². The highest BCUT2D eigenvalue weighted by atomic mass is 35.5. The maximum atomic E-state index is 11.8. The van der Waals surface area contributed by atoms with Gasteiger partial charge in [-0.25, -0.2) is 23.1 Å². The highest BCUT2D eigenvalue weighted by Crippen LogP contribution is 2.21. The van der Waals surface area contributed by atoms with E-state index in [1.807, 2.05) is 5.38 Å². The Kier molecular flexibility index (Phi) is 4.10. The first kappa shape index (κ1) is 12.9. The lowest BCUT2D eigenvalue weighted by atomic mass is 10.3. The van der Waals surface area contributed by atoms with Crippen LogP contribution in [-0.4, -0.2) is 24.9 Å². The Labute approximate surface area is 112 Å². The monoisotopic (exact) mass is 309 g/mol. The summed E-state index contributed by atoms with van der Waals surface area (Å²) in [4.78, 5) is 7.76. The van der Waals surface area contributed by atoms with Gasteiger partial charge in [-0.2, -0.15) is 0 Å². The molecule has 0 atom stereocenters. The van der Waals surface area contributed by atoms with E-state index in [9.17, 15) is 8.42 Å². The van der Waals surface area contributed by atoms with E-state index in [2.05, 4.69) is 14.7 Å². The Balaban J connectivity index is 1.94. The molecule has 0 fully saturated rings. The van der Waals surface area contributed by atoms with E-state index < -0.39 is 10.0 Å². The molecule has 0 aliphatic carbocycles. The van der Waals surface area contributed by atoms with E-state index in [0.717, 1.165) is 17.0 Å². The highest BCUT2D eigenvalue weighted by Gasteiger charge is 2.16. The fourth-order valence-electron chi connectivity index (χ4n) is 1.11. The van der Waals surface area contributed by atoms with Crippen molar-refractivity contribution in [2.75, 3.05) is 6.54 Å². The smallest absolute Gasteiger partial charge is 0.250 e. The van der Waals surface area contributed by atoms with Crippen molar-refractivity contribution in [1.29, 1.82) is 0 Å². The van der Waals surface area contributed by atoms with E-state index in [-0.39, 0.29) is 8.68 Å². The Hall–Kier alpha value is -0.540. The fourth-order valence-corrected chi connectivity index (χ4v) is 4.07. The van der Waals surface area contributed by atoms with Crippen molar-refractivity contribution < 1.29 is 8.42 Å². The van der Waals surface area contributed by atoms with E-state index in [4.69, 9.17) is 11.6 Å². The minimum Gasteiger partial charge on any atom is -0.250 e. The van der Waals surface area contributed by atoms with Crippen LogP contribution in [0.4, 0.5) is 0 Å². The molecule has 2 rings (SSSR count). The molecule has 0 unspecified atom stereocenters. The van der Waals surface area contributed by atoms with Crippen LogP contribution in [0.25, 0.3) is 0 Å². The average Bonchev–Trinajstić information content (AvgIpc) is 2.89.